The van der Waals surface area contributed by atoms with Gasteiger partial charge in [-0.25, -0.2) is 16.8 Å². The Morgan fingerprint density at radius 3 is 2.00 bits per heavy atom. The summed E-state index contributed by atoms with van der Waals surface area (Å²) in [5.41, 5.74) is 0.383. The van der Waals surface area contributed by atoms with Crippen molar-refractivity contribution in [3.05, 3.63) is 115 Å². The Balaban J connectivity index is 1.32. The Kier molecular flexibility index (Phi) is 9.36. The summed E-state index contributed by atoms with van der Waals surface area (Å²) in [5, 5.41) is 3.61. The zero-order valence-corrected chi connectivity index (χ0v) is 28.2. The molecule has 0 bridgehead atoms. The van der Waals surface area contributed by atoms with Gasteiger partial charge >= 0.3 is 0 Å². The Bertz CT molecular complexity index is 2120. The van der Waals surface area contributed by atoms with Crippen LogP contribution in [0.4, 0.5) is 5.69 Å². The van der Waals surface area contributed by atoms with Gasteiger partial charge in [-0.15, -0.1) is 0 Å². The maximum absolute atomic E-state index is 14.3. The SMILES string of the molecule is CCCCC1CN(C(=O)C(C)N(c2ccc3ccccc3c2)S(=O)(=O)c2ccccc2)CCN1S(=O)(=O)c1ccc2ccccc2c1. The summed E-state index contributed by atoms with van der Waals surface area (Å²) in [6, 6.07) is 32.4. The van der Waals surface area contributed by atoms with Crippen molar-refractivity contribution >= 4 is 53.2 Å². The molecule has 1 saturated heterocycles. The average Bonchev–Trinajstić information content (AvgIpc) is 3.10. The summed E-state index contributed by atoms with van der Waals surface area (Å²) in [7, 11) is -7.99. The van der Waals surface area contributed by atoms with E-state index in [0.717, 1.165) is 34.4 Å². The highest BCUT2D eigenvalue weighted by molar-refractivity contribution is 7.93. The van der Waals surface area contributed by atoms with Crippen molar-refractivity contribution in [2.45, 2.75) is 55.0 Å². The van der Waals surface area contributed by atoms with Crippen LogP contribution in [0.2, 0.25) is 0 Å². The van der Waals surface area contributed by atoms with Gasteiger partial charge in [-0.05, 0) is 71.3 Å². The number of sulfonamides is 2. The second-order valence-corrected chi connectivity index (χ2v) is 15.7. The van der Waals surface area contributed by atoms with Gasteiger partial charge in [0.15, 0.2) is 0 Å². The molecule has 2 atom stereocenters. The van der Waals surface area contributed by atoms with E-state index in [9.17, 15) is 21.6 Å². The monoisotopic (exact) mass is 669 g/mol. The summed E-state index contributed by atoms with van der Waals surface area (Å²) < 4.78 is 59.2. The zero-order chi connectivity index (χ0) is 33.2. The lowest BCUT2D eigenvalue weighted by Gasteiger charge is -2.42. The third-order valence-electron chi connectivity index (χ3n) is 8.96. The number of anilines is 1. The maximum atomic E-state index is 14.3. The van der Waals surface area contributed by atoms with Crippen molar-refractivity contribution in [2.24, 2.45) is 0 Å². The average molecular weight is 670 g/mol. The van der Waals surface area contributed by atoms with Gasteiger partial charge in [-0.3, -0.25) is 9.10 Å². The molecule has 8 nitrogen and oxygen atoms in total. The molecular formula is C37H39N3O5S2. The van der Waals surface area contributed by atoms with Crippen LogP contribution in [0.3, 0.4) is 0 Å². The van der Waals surface area contributed by atoms with Gasteiger partial charge in [0.05, 0.1) is 15.5 Å². The molecule has 47 heavy (non-hydrogen) atoms. The number of piperazine rings is 1. The van der Waals surface area contributed by atoms with Crippen molar-refractivity contribution in [1.29, 1.82) is 0 Å². The van der Waals surface area contributed by atoms with Gasteiger partial charge in [-0.1, -0.05) is 98.6 Å². The van der Waals surface area contributed by atoms with Crippen LogP contribution in [0.15, 0.2) is 125 Å². The molecule has 0 radical (unpaired) electrons. The molecule has 0 N–H and O–H groups in total. The topological polar surface area (TPSA) is 95.1 Å². The van der Waals surface area contributed by atoms with Gasteiger partial charge in [-0.2, -0.15) is 4.31 Å². The Morgan fingerprint density at radius 1 is 0.745 bits per heavy atom. The molecule has 1 fully saturated rings. The highest BCUT2D eigenvalue weighted by Gasteiger charge is 2.41. The van der Waals surface area contributed by atoms with Gasteiger partial charge in [0.25, 0.3) is 10.0 Å². The van der Waals surface area contributed by atoms with Gasteiger partial charge in [0, 0.05) is 25.7 Å². The molecule has 1 aliphatic heterocycles. The lowest BCUT2D eigenvalue weighted by Crippen LogP contribution is -2.59. The molecule has 0 aliphatic carbocycles. The number of unbranched alkanes of at least 4 members (excludes halogenated alkanes) is 1. The summed E-state index contributed by atoms with van der Waals surface area (Å²) in [5.74, 6) is -0.373. The number of benzene rings is 5. The van der Waals surface area contributed by atoms with Gasteiger partial charge in [0.2, 0.25) is 15.9 Å². The first-order chi connectivity index (χ1) is 22.6. The molecule has 1 amide bonds. The van der Waals surface area contributed by atoms with Gasteiger partial charge < -0.3 is 4.90 Å². The van der Waals surface area contributed by atoms with E-state index in [1.165, 1.54) is 20.7 Å². The Hall–Kier alpha value is -4.25. The molecule has 1 heterocycles. The van der Waals surface area contributed by atoms with Crippen LogP contribution in [0.25, 0.3) is 21.5 Å². The van der Waals surface area contributed by atoms with Crippen molar-refractivity contribution in [1.82, 2.24) is 9.21 Å². The first kappa shape index (κ1) is 32.7. The number of carbonyl (C=O) groups is 1. The van der Waals surface area contributed by atoms with Gasteiger partial charge in [0.1, 0.15) is 6.04 Å². The quantitative estimate of drug-likeness (QED) is 0.166. The summed E-state index contributed by atoms with van der Waals surface area (Å²) >= 11 is 0. The van der Waals surface area contributed by atoms with Crippen LogP contribution in [0, 0.1) is 0 Å². The fourth-order valence-corrected chi connectivity index (χ4v) is 9.75. The number of amides is 1. The highest BCUT2D eigenvalue weighted by Crippen LogP contribution is 2.32. The number of carbonyl (C=O) groups excluding carboxylic acids is 1. The minimum atomic E-state index is -4.14. The lowest BCUT2D eigenvalue weighted by molar-refractivity contribution is -0.134. The molecule has 5 aromatic rings. The van der Waals surface area contributed by atoms with E-state index in [1.54, 1.807) is 54.3 Å². The summed E-state index contributed by atoms with van der Waals surface area (Å²) in [4.78, 5) is 16.2. The fraction of sp³-hybridized carbons (Fsp3) is 0.270. The third-order valence-corrected chi connectivity index (χ3v) is 12.8. The zero-order valence-electron chi connectivity index (χ0n) is 26.6. The normalized spacial score (nSPS) is 16.7. The summed E-state index contributed by atoms with van der Waals surface area (Å²) in [6.45, 7) is 4.09. The van der Waals surface area contributed by atoms with Crippen LogP contribution >= 0.6 is 0 Å². The van der Waals surface area contributed by atoms with Crippen LogP contribution in [0.1, 0.15) is 33.1 Å². The number of nitrogens with zero attached hydrogens (tertiary/aromatic N) is 3. The standard InChI is InChI=1S/C37H39N3O5S2/c1-3-4-16-34-27-38(23-24-39(34)46(42,43)36-22-20-30-13-9-11-15-32(30)26-36)37(41)28(2)40(47(44,45)35-17-6-5-7-18-35)33-21-19-29-12-8-10-14-31(29)25-33/h5-15,17-22,25-26,28,34H,3-4,16,23-24,27H2,1-2H3. The molecule has 1 aliphatic rings. The van der Waals surface area contributed by atoms with E-state index >= 15 is 0 Å². The van der Waals surface area contributed by atoms with Crippen molar-refractivity contribution in [3.8, 4) is 0 Å². The van der Waals surface area contributed by atoms with E-state index in [-0.39, 0.29) is 35.3 Å². The Labute approximate surface area is 277 Å². The van der Waals surface area contributed by atoms with Crippen molar-refractivity contribution in [3.63, 3.8) is 0 Å². The van der Waals surface area contributed by atoms with Crippen molar-refractivity contribution < 1.29 is 21.6 Å². The number of rotatable bonds is 10. The second-order valence-electron chi connectivity index (χ2n) is 12.0. The smallest absolute Gasteiger partial charge is 0.265 e. The van der Waals surface area contributed by atoms with Crippen LogP contribution in [0.5, 0.6) is 0 Å². The van der Waals surface area contributed by atoms with Crippen LogP contribution < -0.4 is 4.31 Å². The molecule has 6 rings (SSSR count). The number of hydrogen-bond donors (Lipinski definition) is 0. The first-order valence-electron chi connectivity index (χ1n) is 16.0. The summed E-state index contributed by atoms with van der Waals surface area (Å²) in [6.07, 6.45) is 2.24. The predicted octanol–water partition coefficient (Wildman–Crippen LogP) is 6.67. The molecule has 0 spiro atoms. The highest BCUT2D eigenvalue weighted by atomic mass is 32.2. The number of hydrogen-bond acceptors (Lipinski definition) is 5. The molecule has 0 aromatic heterocycles. The minimum Gasteiger partial charge on any atom is -0.338 e. The first-order valence-corrected chi connectivity index (χ1v) is 18.9. The molecule has 244 valence electrons. The van der Waals surface area contributed by atoms with E-state index in [1.807, 2.05) is 67.6 Å². The maximum Gasteiger partial charge on any atom is 0.265 e. The molecular weight excluding hydrogens is 631 g/mol. The van der Waals surface area contributed by atoms with Crippen LogP contribution in [-0.4, -0.2) is 63.7 Å². The molecule has 0 saturated carbocycles. The van der Waals surface area contributed by atoms with E-state index in [4.69, 9.17) is 0 Å². The second kappa shape index (κ2) is 13.5. The van der Waals surface area contributed by atoms with Crippen molar-refractivity contribution in [2.75, 3.05) is 23.9 Å². The van der Waals surface area contributed by atoms with E-state index in [2.05, 4.69) is 0 Å². The predicted molar refractivity (Wildman–Crippen MR) is 187 cm³/mol. The number of fused-ring (bicyclic) bond motifs is 2. The van der Waals surface area contributed by atoms with E-state index in [0.29, 0.717) is 12.1 Å². The molecule has 5 aromatic carbocycles. The fourth-order valence-electron chi connectivity index (χ4n) is 6.45. The molecule has 10 heteroatoms. The largest absolute Gasteiger partial charge is 0.338 e. The Morgan fingerprint density at radius 2 is 1.34 bits per heavy atom. The molecule has 2 unspecified atom stereocenters. The van der Waals surface area contributed by atoms with E-state index < -0.39 is 32.1 Å². The van der Waals surface area contributed by atoms with Crippen LogP contribution in [-0.2, 0) is 24.8 Å². The third kappa shape index (κ3) is 6.50. The minimum absolute atomic E-state index is 0.0833. The lowest BCUT2D eigenvalue weighted by atomic mass is 10.1.